The Morgan fingerprint density at radius 1 is 1.26 bits per heavy atom. The van der Waals surface area contributed by atoms with Crippen LogP contribution in [0.1, 0.15) is 25.0 Å². The molecule has 108 valence electrons. The molecular weight excluding hydrogens is 302 g/mol. The summed E-state index contributed by atoms with van der Waals surface area (Å²) >= 11 is 11.8. The van der Waals surface area contributed by atoms with Crippen LogP contribution in [-0.2, 0) is 0 Å². The van der Waals surface area contributed by atoms with Gasteiger partial charge in [-0.25, -0.2) is 0 Å². The van der Waals surface area contributed by atoms with Gasteiger partial charge in [0.1, 0.15) is 0 Å². The number of nitrogens with one attached hydrogen (secondary N) is 1. The highest BCUT2D eigenvalue weighted by atomic mass is 35.5. The number of aliphatic hydroxyl groups excluding tert-OH is 1. The van der Waals surface area contributed by atoms with Gasteiger partial charge in [0.25, 0.3) is 0 Å². The van der Waals surface area contributed by atoms with Crippen molar-refractivity contribution in [3.63, 3.8) is 0 Å². The van der Waals surface area contributed by atoms with E-state index in [4.69, 9.17) is 23.2 Å². The van der Waals surface area contributed by atoms with Crippen molar-refractivity contribution in [1.82, 2.24) is 5.32 Å². The first-order valence-electron chi connectivity index (χ1n) is 5.63. The lowest BCUT2D eigenvalue weighted by Gasteiger charge is -2.19. The van der Waals surface area contributed by atoms with Crippen LogP contribution in [0.4, 0.5) is 13.2 Å². The van der Waals surface area contributed by atoms with Crippen LogP contribution in [0.15, 0.2) is 18.2 Å². The molecule has 7 heteroatoms. The Morgan fingerprint density at radius 2 is 1.79 bits per heavy atom. The number of hydrogen-bond donors (Lipinski definition) is 2. The van der Waals surface area contributed by atoms with Gasteiger partial charge < -0.3 is 10.4 Å². The van der Waals surface area contributed by atoms with E-state index < -0.39 is 24.7 Å². The SMILES string of the molecule is CC(CC(F)(F)F)NCC(O)c1c(Cl)cccc1Cl. The molecule has 0 fully saturated rings. The standard InChI is InChI=1S/C12H14Cl2F3NO/c1-7(5-12(15,16)17)18-6-10(19)11-8(13)3-2-4-9(11)14/h2-4,7,10,18-19H,5-6H2,1H3. The normalized spacial score (nSPS) is 15.3. The molecule has 19 heavy (non-hydrogen) atoms. The van der Waals surface area contributed by atoms with Crippen LogP contribution in [0.5, 0.6) is 0 Å². The second kappa shape index (κ2) is 6.79. The smallest absolute Gasteiger partial charge is 0.387 e. The highest BCUT2D eigenvalue weighted by molar-refractivity contribution is 6.36. The van der Waals surface area contributed by atoms with E-state index in [1.807, 2.05) is 0 Å². The lowest BCUT2D eigenvalue weighted by atomic mass is 10.1. The minimum atomic E-state index is -4.24. The van der Waals surface area contributed by atoms with Gasteiger partial charge in [-0.15, -0.1) is 0 Å². The summed E-state index contributed by atoms with van der Waals surface area (Å²) in [6, 6.07) is 3.95. The molecule has 1 aromatic rings. The summed E-state index contributed by atoms with van der Waals surface area (Å²) in [6.45, 7) is 1.34. The summed E-state index contributed by atoms with van der Waals surface area (Å²) in [4.78, 5) is 0. The highest BCUT2D eigenvalue weighted by Gasteiger charge is 2.30. The van der Waals surface area contributed by atoms with Crippen molar-refractivity contribution in [2.45, 2.75) is 31.7 Å². The molecule has 2 atom stereocenters. The minimum Gasteiger partial charge on any atom is -0.387 e. The Kier molecular flexibility index (Phi) is 5.92. The van der Waals surface area contributed by atoms with Gasteiger partial charge in [0, 0.05) is 28.2 Å². The summed E-state index contributed by atoms with van der Waals surface area (Å²) in [5, 5.41) is 13.1. The maximum atomic E-state index is 12.1. The fraction of sp³-hybridized carbons (Fsp3) is 0.500. The largest absolute Gasteiger partial charge is 0.390 e. The Balaban J connectivity index is 2.59. The third-order valence-corrected chi connectivity index (χ3v) is 3.19. The van der Waals surface area contributed by atoms with Gasteiger partial charge in [-0.2, -0.15) is 13.2 Å². The van der Waals surface area contributed by atoms with Crippen LogP contribution in [-0.4, -0.2) is 23.9 Å². The predicted molar refractivity (Wildman–Crippen MR) is 69.6 cm³/mol. The van der Waals surface area contributed by atoms with Crippen LogP contribution in [0.3, 0.4) is 0 Å². The van der Waals surface area contributed by atoms with Crippen LogP contribution >= 0.6 is 23.2 Å². The van der Waals surface area contributed by atoms with Crippen molar-refractivity contribution in [2.24, 2.45) is 0 Å². The average molecular weight is 316 g/mol. The van der Waals surface area contributed by atoms with Crippen molar-refractivity contribution >= 4 is 23.2 Å². The zero-order valence-corrected chi connectivity index (χ0v) is 11.6. The molecule has 0 aliphatic rings. The van der Waals surface area contributed by atoms with E-state index in [2.05, 4.69) is 5.32 Å². The second-order valence-electron chi connectivity index (χ2n) is 4.28. The van der Waals surface area contributed by atoms with Gasteiger partial charge in [-0.05, 0) is 19.1 Å². The molecular formula is C12H14Cl2F3NO. The van der Waals surface area contributed by atoms with E-state index in [1.54, 1.807) is 18.2 Å². The van der Waals surface area contributed by atoms with E-state index >= 15 is 0 Å². The van der Waals surface area contributed by atoms with Crippen molar-refractivity contribution in [3.05, 3.63) is 33.8 Å². The van der Waals surface area contributed by atoms with Crippen molar-refractivity contribution in [2.75, 3.05) is 6.54 Å². The van der Waals surface area contributed by atoms with Crippen molar-refractivity contribution < 1.29 is 18.3 Å². The lowest BCUT2D eigenvalue weighted by Crippen LogP contribution is -2.34. The first kappa shape index (κ1) is 16.6. The first-order chi connectivity index (χ1) is 8.70. The van der Waals surface area contributed by atoms with Crippen molar-refractivity contribution in [1.29, 1.82) is 0 Å². The van der Waals surface area contributed by atoms with Gasteiger partial charge in [-0.3, -0.25) is 0 Å². The van der Waals surface area contributed by atoms with E-state index in [0.717, 1.165) is 0 Å². The maximum absolute atomic E-state index is 12.1. The molecule has 0 bridgehead atoms. The van der Waals surface area contributed by atoms with Gasteiger partial charge in [0.05, 0.1) is 12.5 Å². The molecule has 0 amide bonds. The molecule has 0 radical (unpaired) electrons. The number of halogens is 5. The van der Waals surface area contributed by atoms with Gasteiger partial charge >= 0.3 is 6.18 Å². The monoisotopic (exact) mass is 315 g/mol. The second-order valence-corrected chi connectivity index (χ2v) is 5.09. The molecule has 2 N–H and O–H groups in total. The zero-order valence-electron chi connectivity index (χ0n) is 10.1. The molecule has 2 nitrogen and oxygen atoms in total. The fourth-order valence-corrected chi connectivity index (χ4v) is 2.31. The Bertz CT molecular complexity index is 406. The summed E-state index contributed by atoms with van der Waals surface area (Å²) in [6.07, 6.45) is -6.26. The van der Waals surface area contributed by atoms with E-state index in [-0.39, 0.29) is 16.6 Å². The van der Waals surface area contributed by atoms with Crippen LogP contribution in [0, 0.1) is 0 Å². The average Bonchev–Trinajstić information content (AvgIpc) is 2.23. The number of aliphatic hydroxyl groups is 1. The molecule has 0 heterocycles. The molecule has 0 aliphatic heterocycles. The maximum Gasteiger partial charge on any atom is 0.390 e. The number of benzene rings is 1. The van der Waals surface area contributed by atoms with E-state index in [0.29, 0.717) is 5.56 Å². The minimum absolute atomic E-state index is 0.0549. The van der Waals surface area contributed by atoms with E-state index in [9.17, 15) is 18.3 Å². The quantitative estimate of drug-likeness (QED) is 0.862. The molecule has 0 aromatic heterocycles. The number of hydrogen-bond acceptors (Lipinski definition) is 2. The Labute approximate surface area is 119 Å². The summed E-state index contributed by atoms with van der Waals surface area (Å²) in [7, 11) is 0. The third kappa shape index (κ3) is 5.57. The molecule has 0 spiro atoms. The fourth-order valence-electron chi connectivity index (χ4n) is 1.66. The Hall–Kier alpha value is -0.490. The number of alkyl halides is 3. The lowest BCUT2D eigenvalue weighted by molar-refractivity contribution is -0.139. The van der Waals surface area contributed by atoms with Gasteiger partial charge in [0.15, 0.2) is 0 Å². The summed E-state index contributed by atoms with van der Waals surface area (Å²) < 4.78 is 36.4. The Morgan fingerprint density at radius 3 is 2.26 bits per heavy atom. The van der Waals surface area contributed by atoms with Crippen LogP contribution < -0.4 is 5.32 Å². The first-order valence-corrected chi connectivity index (χ1v) is 6.38. The van der Waals surface area contributed by atoms with Crippen molar-refractivity contribution in [3.8, 4) is 0 Å². The van der Waals surface area contributed by atoms with Crippen LogP contribution in [0.25, 0.3) is 0 Å². The molecule has 2 unspecified atom stereocenters. The summed E-state index contributed by atoms with van der Waals surface area (Å²) in [5.74, 6) is 0. The third-order valence-electron chi connectivity index (χ3n) is 2.53. The topological polar surface area (TPSA) is 32.3 Å². The number of rotatable bonds is 5. The zero-order chi connectivity index (χ0) is 14.6. The molecule has 0 saturated heterocycles. The van der Waals surface area contributed by atoms with Crippen LogP contribution in [0.2, 0.25) is 10.0 Å². The van der Waals surface area contributed by atoms with Gasteiger partial charge in [0.2, 0.25) is 0 Å². The highest BCUT2D eigenvalue weighted by Crippen LogP contribution is 2.30. The molecule has 0 saturated carbocycles. The molecule has 1 rings (SSSR count). The predicted octanol–water partition coefficient (Wildman–Crippen LogP) is 3.96. The molecule has 0 aliphatic carbocycles. The summed E-state index contributed by atoms with van der Waals surface area (Å²) in [5.41, 5.74) is 0.317. The molecule has 1 aromatic carbocycles. The van der Waals surface area contributed by atoms with Gasteiger partial charge in [-0.1, -0.05) is 29.3 Å². The van der Waals surface area contributed by atoms with E-state index in [1.165, 1.54) is 6.92 Å².